The van der Waals surface area contributed by atoms with E-state index in [0.717, 1.165) is 25.7 Å². The first-order chi connectivity index (χ1) is 10.5. The topological polar surface area (TPSA) is 80.3 Å². The average Bonchev–Trinajstić information content (AvgIpc) is 2.46. The molecule has 0 aromatic carbocycles. The first kappa shape index (κ1) is 27.6. The predicted octanol–water partition coefficient (Wildman–Crippen LogP) is 2.06. The Labute approximate surface area is 159 Å². The molecule has 0 aromatic heterocycles. The molecule has 0 bridgehead atoms. The molecule has 0 saturated heterocycles. The quantitative estimate of drug-likeness (QED) is 0.309. The first-order valence-corrected chi connectivity index (χ1v) is 8.94. The predicted molar refractivity (Wildman–Crippen MR) is 94.5 cm³/mol. The molecule has 0 fully saturated rings. The molecule has 0 radical (unpaired) electrons. The third kappa shape index (κ3) is 34.2. The van der Waals surface area contributed by atoms with Gasteiger partial charge in [0.05, 0.1) is 0 Å². The molecule has 0 amide bonds. The summed E-state index contributed by atoms with van der Waals surface area (Å²) in [6.07, 6.45) is 13.9. The van der Waals surface area contributed by atoms with Crippen LogP contribution in [0.4, 0.5) is 0 Å². The third-order valence-electron chi connectivity index (χ3n) is 3.47. The Morgan fingerprint density at radius 2 is 0.826 bits per heavy atom. The van der Waals surface area contributed by atoms with Crippen molar-refractivity contribution in [2.45, 2.75) is 104 Å². The number of aliphatic carboxylic acids is 2. The van der Waals surface area contributed by atoms with Gasteiger partial charge in [0.2, 0.25) is 0 Å². The molecule has 0 aliphatic heterocycles. The van der Waals surface area contributed by atoms with Crippen LogP contribution < -0.4 is 10.2 Å². The molecule has 0 aliphatic rings. The van der Waals surface area contributed by atoms with E-state index in [1.807, 2.05) is 0 Å². The van der Waals surface area contributed by atoms with Crippen molar-refractivity contribution in [3.8, 4) is 0 Å². The van der Waals surface area contributed by atoms with Crippen LogP contribution in [-0.4, -0.2) is 35.8 Å². The van der Waals surface area contributed by atoms with Crippen molar-refractivity contribution in [2.24, 2.45) is 0 Å². The number of carboxylic acid groups (broad SMARTS) is 2. The second-order valence-corrected chi connectivity index (χ2v) is 5.78. The van der Waals surface area contributed by atoms with E-state index >= 15 is 0 Å². The van der Waals surface area contributed by atoms with Gasteiger partial charge in [-0.2, -0.15) is 0 Å². The second-order valence-electron chi connectivity index (χ2n) is 5.78. The van der Waals surface area contributed by atoms with E-state index in [1.165, 1.54) is 51.4 Å². The maximum atomic E-state index is 9.98. The summed E-state index contributed by atoms with van der Waals surface area (Å²) >= 11 is 0. The minimum atomic E-state index is -0.916. The SMILES string of the molecule is CCCCCCCCC(=O)[O-].CCCCCCCCC(=O)[O-].[SnH2+2]. The Balaban J connectivity index is -0.000000333. The summed E-state index contributed by atoms with van der Waals surface area (Å²) in [4.78, 5) is 20.0. The van der Waals surface area contributed by atoms with Gasteiger partial charge in [0, 0.05) is 11.9 Å². The molecule has 0 saturated carbocycles. The molecule has 4 nitrogen and oxygen atoms in total. The number of hydrogen-bond donors (Lipinski definition) is 0. The molecule has 0 spiro atoms. The van der Waals surface area contributed by atoms with Gasteiger partial charge in [0.25, 0.3) is 0 Å². The van der Waals surface area contributed by atoms with Crippen LogP contribution in [-0.2, 0) is 9.59 Å². The van der Waals surface area contributed by atoms with Crippen molar-refractivity contribution in [2.75, 3.05) is 0 Å². The fraction of sp³-hybridized carbons (Fsp3) is 0.889. The van der Waals surface area contributed by atoms with Gasteiger partial charge in [-0.25, -0.2) is 0 Å². The molecule has 23 heavy (non-hydrogen) atoms. The van der Waals surface area contributed by atoms with Crippen LogP contribution in [0.2, 0.25) is 0 Å². The van der Waals surface area contributed by atoms with Crippen molar-refractivity contribution in [3.63, 3.8) is 0 Å². The summed E-state index contributed by atoms with van der Waals surface area (Å²) in [7, 11) is 0. The second kappa shape index (κ2) is 24.0. The summed E-state index contributed by atoms with van der Waals surface area (Å²) in [5.41, 5.74) is 0. The average molecular weight is 435 g/mol. The Kier molecular flexibility index (Phi) is 28.8. The summed E-state index contributed by atoms with van der Waals surface area (Å²) in [6.45, 7) is 4.34. The van der Waals surface area contributed by atoms with Gasteiger partial charge in [0.15, 0.2) is 0 Å². The first-order valence-electron chi connectivity index (χ1n) is 8.94. The third-order valence-corrected chi connectivity index (χ3v) is 3.47. The van der Waals surface area contributed by atoms with E-state index in [0.29, 0.717) is 0 Å². The molecule has 0 heterocycles. The van der Waals surface area contributed by atoms with Crippen LogP contribution in [0.1, 0.15) is 104 Å². The number of carbonyl (C=O) groups is 2. The molecule has 0 N–H and O–H groups in total. The van der Waals surface area contributed by atoms with Crippen molar-refractivity contribution in [1.82, 2.24) is 0 Å². The van der Waals surface area contributed by atoms with E-state index in [1.54, 1.807) is 0 Å². The van der Waals surface area contributed by atoms with Gasteiger partial charge in [0.1, 0.15) is 0 Å². The van der Waals surface area contributed by atoms with E-state index in [9.17, 15) is 19.8 Å². The van der Waals surface area contributed by atoms with Crippen LogP contribution in [0.5, 0.6) is 0 Å². The number of carboxylic acids is 2. The summed E-state index contributed by atoms with van der Waals surface area (Å²) < 4.78 is 0. The summed E-state index contributed by atoms with van der Waals surface area (Å²) in [5, 5.41) is 20.0. The Bertz CT molecular complexity index is 231. The number of hydrogen-bond acceptors (Lipinski definition) is 4. The van der Waals surface area contributed by atoms with Crippen molar-refractivity contribution in [3.05, 3.63) is 0 Å². The van der Waals surface area contributed by atoms with E-state index < -0.39 is 11.9 Å². The molecule has 5 heteroatoms. The van der Waals surface area contributed by atoms with Crippen LogP contribution in [0.3, 0.4) is 0 Å². The van der Waals surface area contributed by atoms with Crippen LogP contribution in [0.15, 0.2) is 0 Å². The Hall–Kier alpha value is -0.261. The number of rotatable bonds is 14. The van der Waals surface area contributed by atoms with Gasteiger partial charge in [-0.1, -0.05) is 78.1 Å². The van der Waals surface area contributed by atoms with E-state index in [4.69, 9.17) is 0 Å². The van der Waals surface area contributed by atoms with Gasteiger partial charge in [-0.05, 0) is 25.7 Å². The zero-order valence-electron chi connectivity index (χ0n) is 15.2. The van der Waals surface area contributed by atoms with Crippen LogP contribution in [0.25, 0.3) is 0 Å². The summed E-state index contributed by atoms with van der Waals surface area (Å²) in [5.74, 6) is -1.83. The van der Waals surface area contributed by atoms with Gasteiger partial charge < -0.3 is 19.8 Å². The van der Waals surface area contributed by atoms with Gasteiger partial charge in [-0.15, -0.1) is 0 Å². The van der Waals surface area contributed by atoms with Crippen molar-refractivity contribution >= 4 is 35.8 Å². The zero-order chi connectivity index (χ0) is 17.1. The zero-order valence-corrected chi connectivity index (χ0v) is 19.3. The molecule has 0 atom stereocenters. The molecular weight excluding hydrogens is 399 g/mol. The standard InChI is InChI=1S/2C9H18O2.Sn.2H/c2*1-2-3-4-5-6-7-8-9(10)11;;;/h2*2-8H2,1H3,(H,10,11);;;/q;;+2;;/p-2. The van der Waals surface area contributed by atoms with E-state index in [-0.39, 0.29) is 36.7 Å². The minimum absolute atomic E-state index is 0. The molecule has 136 valence electrons. The fourth-order valence-corrected chi connectivity index (χ4v) is 2.10. The monoisotopic (exact) mass is 436 g/mol. The number of unbranched alkanes of at least 4 members (excludes halogenated alkanes) is 10. The Morgan fingerprint density at radius 3 is 1.09 bits per heavy atom. The van der Waals surface area contributed by atoms with Gasteiger partial charge >= 0.3 is 23.9 Å². The van der Waals surface area contributed by atoms with Crippen molar-refractivity contribution in [1.29, 1.82) is 0 Å². The maximum absolute atomic E-state index is 9.98. The normalized spacial score (nSPS) is 9.48. The van der Waals surface area contributed by atoms with Gasteiger partial charge in [-0.3, -0.25) is 0 Å². The van der Waals surface area contributed by atoms with Crippen LogP contribution >= 0.6 is 0 Å². The summed E-state index contributed by atoms with van der Waals surface area (Å²) in [6, 6.07) is 0. The molecule has 0 aromatic rings. The van der Waals surface area contributed by atoms with Crippen molar-refractivity contribution < 1.29 is 19.8 Å². The van der Waals surface area contributed by atoms with Crippen LogP contribution in [0, 0.1) is 0 Å². The number of carbonyl (C=O) groups excluding carboxylic acids is 2. The Morgan fingerprint density at radius 1 is 0.565 bits per heavy atom. The fourth-order valence-electron chi connectivity index (χ4n) is 2.10. The molecule has 0 unspecified atom stereocenters. The molecule has 0 aliphatic carbocycles. The molecular formula is C18H36O4Sn. The molecule has 0 rings (SSSR count). The van der Waals surface area contributed by atoms with E-state index in [2.05, 4.69) is 13.8 Å².